The van der Waals surface area contributed by atoms with E-state index in [2.05, 4.69) is 4.98 Å². The van der Waals surface area contributed by atoms with E-state index in [0.29, 0.717) is 6.42 Å². The molecule has 0 aromatic carbocycles. The summed E-state index contributed by atoms with van der Waals surface area (Å²) in [6.07, 6.45) is 1.90. The fourth-order valence-corrected chi connectivity index (χ4v) is 1.46. The molecule has 0 aliphatic heterocycles. The summed E-state index contributed by atoms with van der Waals surface area (Å²) in [5.41, 5.74) is 7.60. The first-order chi connectivity index (χ1) is 5.29. The summed E-state index contributed by atoms with van der Waals surface area (Å²) in [5, 5.41) is 9.35. The molecule has 0 saturated carbocycles. The molecule has 1 aliphatic carbocycles. The van der Waals surface area contributed by atoms with Crippen molar-refractivity contribution in [2.24, 2.45) is 5.73 Å². The maximum atomic E-state index is 9.35. The zero-order valence-electron chi connectivity index (χ0n) is 6.07. The Kier molecular flexibility index (Phi) is 1.41. The molecule has 11 heavy (non-hydrogen) atoms. The highest BCUT2D eigenvalue weighted by atomic mass is 16.3. The predicted molar refractivity (Wildman–Crippen MR) is 40.9 cm³/mol. The number of hydrogen-bond donors (Lipinski definition) is 2. The zero-order valence-corrected chi connectivity index (χ0v) is 6.07. The molecule has 1 aliphatic rings. The smallest absolute Gasteiger partial charge is 0.0789 e. The third kappa shape index (κ3) is 0.931. The molecule has 0 fully saturated rings. The van der Waals surface area contributed by atoms with Gasteiger partial charge in [0.25, 0.3) is 0 Å². The van der Waals surface area contributed by atoms with Gasteiger partial charge in [-0.05, 0) is 11.6 Å². The lowest BCUT2D eigenvalue weighted by atomic mass is 10.2. The Morgan fingerprint density at radius 2 is 2.45 bits per heavy atom. The van der Waals surface area contributed by atoms with E-state index in [1.54, 1.807) is 6.20 Å². The van der Waals surface area contributed by atoms with Crippen LogP contribution in [0.5, 0.6) is 0 Å². The SMILES string of the molecule is N[C@H]1c2ncccc2C[C@H]1O. The van der Waals surface area contributed by atoms with E-state index in [-0.39, 0.29) is 6.04 Å². The van der Waals surface area contributed by atoms with Gasteiger partial charge in [0.05, 0.1) is 17.8 Å². The summed E-state index contributed by atoms with van der Waals surface area (Å²) >= 11 is 0. The third-order valence-electron chi connectivity index (χ3n) is 2.09. The Balaban J connectivity index is 2.47. The molecular formula is C8H10N2O. The monoisotopic (exact) mass is 150 g/mol. The average molecular weight is 150 g/mol. The highest BCUT2D eigenvalue weighted by Crippen LogP contribution is 2.26. The lowest BCUT2D eigenvalue weighted by molar-refractivity contribution is 0.157. The molecule has 2 atom stereocenters. The summed E-state index contributed by atoms with van der Waals surface area (Å²) in [4.78, 5) is 4.11. The maximum absolute atomic E-state index is 9.35. The van der Waals surface area contributed by atoms with Crippen LogP contribution in [0.15, 0.2) is 18.3 Å². The van der Waals surface area contributed by atoms with Crippen molar-refractivity contribution >= 4 is 0 Å². The second-order valence-electron chi connectivity index (χ2n) is 2.85. The van der Waals surface area contributed by atoms with Crippen LogP contribution in [0.4, 0.5) is 0 Å². The molecule has 0 radical (unpaired) electrons. The molecule has 1 aromatic rings. The number of fused-ring (bicyclic) bond motifs is 1. The van der Waals surface area contributed by atoms with Crippen molar-refractivity contribution in [3.05, 3.63) is 29.6 Å². The maximum Gasteiger partial charge on any atom is 0.0789 e. The third-order valence-corrected chi connectivity index (χ3v) is 2.09. The van der Waals surface area contributed by atoms with Gasteiger partial charge in [-0.3, -0.25) is 4.98 Å². The molecule has 0 saturated heterocycles. The second kappa shape index (κ2) is 2.29. The Morgan fingerprint density at radius 3 is 3.18 bits per heavy atom. The number of nitrogens with zero attached hydrogens (tertiary/aromatic N) is 1. The van der Waals surface area contributed by atoms with E-state index >= 15 is 0 Å². The topological polar surface area (TPSA) is 59.1 Å². The molecule has 0 unspecified atom stereocenters. The molecule has 3 nitrogen and oxygen atoms in total. The fraction of sp³-hybridized carbons (Fsp3) is 0.375. The Morgan fingerprint density at radius 1 is 1.64 bits per heavy atom. The molecule has 58 valence electrons. The summed E-state index contributed by atoms with van der Waals surface area (Å²) in [6.45, 7) is 0. The first kappa shape index (κ1) is 6.76. The number of hydrogen-bond acceptors (Lipinski definition) is 3. The zero-order chi connectivity index (χ0) is 7.84. The van der Waals surface area contributed by atoms with E-state index in [9.17, 15) is 5.11 Å². The Hall–Kier alpha value is -0.930. The highest BCUT2D eigenvalue weighted by molar-refractivity contribution is 5.29. The van der Waals surface area contributed by atoms with Gasteiger partial charge in [-0.1, -0.05) is 6.07 Å². The first-order valence-corrected chi connectivity index (χ1v) is 3.66. The molecule has 3 heteroatoms. The van der Waals surface area contributed by atoms with Gasteiger partial charge in [-0.15, -0.1) is 0 Å². The molecule has 0 spiro atoms. The van der Waals surface area contributed by atoms with E-state index in [4.69, 9.17) is 5.73 Å². The van der Waals surface area contributed by atoms with Crippen LogP contribution in [0.25, 0.3) is 0 Å². The van der Waals surface area contributed by atoms with E-state index in [1.807, 2.05) is 12.1 Å². The lowest BCUT2D eigenvalue weighted by Crippen LogP contribution is -2.21. The molecule has 0 bridgehead atoms. The van der Waals surface area contributed by atoms with E-state index < -0.39 is 6.10 Å². The largest absolute Gasteiger partial charge is 0.391 e. The van der Waals surface area contributed by atoms with Gasteiger partial charge in [-0.25, -0.2) is 0 Å². The van der Waals surface area contributed by atoms with Crippen LogP contribution < -0.4 is 5.73 Å². The van der Waals surface area contributed by atoms with Crippen molar-refractivity contribution in [3.63, 3.8) is 0 Å². The van der Waals surface area contributed by atoms with Crippen molar-refractivity contribution in [3.8, 4) is 0 Å². The first-order valence-electron chi connectivity index (χ1n) is 3.66. The van der Waals surface area contributed by atoms with Crippen LogP contribution in [0.1, 0.15) is 17.3 Å². The molecular weight excluding hydrogens is 140 g/mol. The van der Waals surface area contributed by atoms with Crippen LogP contribution in [-0.2, 0) is 6.42 Å². The summed E-state index contributed by atoms with van der Waals surface area (Å²) in [6, 6.07) is 3.54. The number of rotatable bonds is 0. The Labute approximate surface area is 64.9 Å². The highest BCUT2D eigenvalue weighted by Gasteiger charge is 2.28. The number of aliphatic hydroxyl groups is 1. The quantitative estimate of drug-likeness (QED) is 0.547. The van der Waals surface area contributed by atoms with Gasteiger partial charge < -0.3 is 10.8 Å². The van der Waals surface area contributed by atoms with E-state index in [0.717, 1.165) is 11.3 Å². The Bertz CT molecular complexity index is 275. The van der Waals surface area contributed by atoms with Crippen LogP contribution in [0.3, 0.4) is 0 Å². The summed E-state index contributed by atoms with van der Waals surface area (Å²) in [5.74, 6) is 0. The fourth-order valence-electron chi connectivity index (χ4n) is 1.46. The van der Waals surface area contributed by atoms with Gasteiger partial charge in [0, 0.05) is 12.6 Å². The van der Waals surface area contributed by atoms with Crippen LogP contribution in [0, 0.1) is 0 Å². The van der Waals surface area contributed by atoms with Crippen molar-refractivity contribution in [1.82, 2.24) is 4.98 Å². The molecule has 1 heterocycles. The molecule has 0 amide bonds. The number of aromatic nitrogens is 1. The van der Waals surface area contributed by atoms with Crippen LogP contribution >= 0.6 is 0 Å². The van der Waals surface area contributed by atoms with Gasteiger partial charge in [0.1, 0.15) is 0 Å². The second-order valence-corrected chi connectivity index (χ2v) is 2.85. The minimum atomic E-state index is -0.445. The number of aliphatic hydroxyl groups excluding tert-OH is 1. The van der Waals surface area contributed by atoms with Crippen molar-refractivity contribution < 1.29 is 5.11 Å². The minimum absolute atomic E-state index is 0.286. The van der Waals surface area contributed by atoms with Gasteiger partial charge >= 0.3 is 0 Å². The van der Waals surface area contributed by atoms with Crippen molar-refractivity contribution in [2.45, 2.75) is 18.6 Å². The summed E-state index contributed by atoms with van der Waals surface area (Å²) < 4.78 is 0. The van der Waals surface area contributed by atoms with Crippen LogP contribution in [-0.4, -0.2) is 16.2 Å². The normalized spacial score (nSPS) is 28.5. The lowest BCUT2D eigenvalue weighted by Gasteiger charge is -2.06. The predicted octanol–water partition coefficient (Wildman–Crippen LogP) is -0.00160. The summed E-state index contributed by atoms with van der Waals surface area (Å²) in [7, 11) is 0. The van der Waals surface area contributed by atoms with Gasteiger partial charge in [0.2, 0.25) is 0 Å². The van der Waals surface area contributed by atoms with Crippen LogP contribution in [0.2, 0.25) is 0 Å². The van der Waals surface area contributed by atoms with E-state index in [1.165, 1.54) is 0 Å². The van der Waals surface area contributed by atoms with Crippen molar-refractivity contribution in [2.75, 3.05) is 0 Å². The molecule has 1 aromatic heterocycles. The standard InChI is InChI=1S/C8H10N2O/c9-7-6(11)4-5-2-1-3-10-8(5)7/h1-3,6-7,11H,4,9H2/t6-,7-/m1/s1. The minimum Gasteiger partial charge on any atom is -0.391 e. The average Bonchev–Trinajstić information content (AvgIpc) is 2.30. The van der Waals surface area contributed by atoms with Gasteiger partial charge in [-0.2, -0.15) is 0 Å². The van der Waals surface area contributed by atoms with Gasteiger partial charge in [0.15, 0.2) is 0 Å². The number of pyridine rings is 1. The number of nitrogens with two attached hydrogens (primary N) is 1. The molecule has 3 N–H and O–H groups in total. The molecule has 2 rings (SSSR count). The van der Waals surface area contributed by atoms with Crippen molar-refractivity contribution in [1.29, 1.82) is 0 Å².